The van der Waals surface area contributed by atoms with Gasteiger partial charge in [-0.25, -0.2) is 10.6 Å². The van der Waals surface area contributed by atoms with Gasteiger partial charge in [0.15, 0.2) is 0 Å². The van der Waals surface area contributed by atoms with Crippen molar-refractivity contribution >= 4 is 17.9 Å². The van der Waals surface area contributed by atoms with Crippen LogP contribution in [0.2, 0.25) is 0 Å². The van der Waals surface area contributed by atoms with Gasteiger partial charge in [0.2, 0.25) is 5.91 Å². The number of amides is 3. The monoisotopic (exact) mass is 426 g/mol. The molecule has 0 fully saturated rings. The standard InChI is InChI=1S/C23H30N4O4/c1-16(2)13-19(22(29)27-24)25-21(28)20(14-17-9-5-3-6-10-17)26-23(30)31-15-18-11-7-4-8-12-18/h3-12,16,19-20H,13-15,24H2,1-2H3,(H,25,28)(H,26,30)(H,27,29). The highest BCUT2D eigenvalue weighted by atomic mass is 16.5. The molecule has 31 heavy (non-hydrogen) atoms. The van der Waals surface area contributed by atoms with Crippen molar-refractivity contribution in [2.24, 2.45) is 11.8 Å². The zero-order valence-electron chi connectivity index (χ0n) is 17.8. The number of carbonyl (C=O) groups excluding carboxylic acids is 3. The van der Waals surface area contributed by atoms with Gasteiger partial charge in [-0.15, -0.1) is 0 Å². The molecule has 5 N–H and O–H groups in total. The van der Waals surface area contributed by atoms with E-state index in [-0.39, 0.29) is 18.9 Å². The number of benzene rings is 2. The van der Waals surface area contributed by atoms with Crippen LogP contribution in [-0.4, -0.2) is 30.0 Å². The Hall–Kier alpha value is -3.39. The number of alkyl carbamates (subject to hydrolysis) is 1. The molecule has 0 heterocycles. The van der Waals surface area contributed by atoms with E-state index in [1.54, 1.807) is 0 Å². The summed E-state index contributed by atoms with van der Waals surface area (Å²) in [5.41, 5.74) is 3.77. The van der Waals surface area contributed by atoms with Crippen molar-refractivity contribution in [1.29, 1.82) is 0 Å². The first-order chi connectivity index (χ1) is 14.9. The predicted molar refractivity (Wildman–Crippen MR) is 117 cm³/mol. The van der Waals surface area contributed by atoms with Gasteiger partial charge in [-0.1, -0.05) is 74.5 Å². The fourth-order valence-electron chi connectivity index (χ4n) is 3.04. The second-order valence-corrected chi connectivity index (χ2v) is 7.65. The van der Waals surface area contributed by atoms with Crippen LogP contribution in [0.15, 0.2) is 60.7 Å². The smallest absolute Gasteiger partial charge is 0.408 e. The van der Waals surface area contributed by atoms with Crippen molar-refractivity contribution in [1.82, 2.24) is 16.1 Å². The highest BCUT2D eigenvalue weighted by molar-refractivity contribution is 5.91. The minimum atomic E-state index is -0.925. The summed E-state index contributed by atoms with van der Waals surface area (Å²) in [6.45, 7) is 3.95. The molecule has 0 radical (unpaired) electrons. The fourth-order valence-corrected chi connectivity index (χ4v) is 3.04. The second kappa shape index (κ2) is 12.3. The van der Waals surface area contributed by atoms with Crippen LogP contribution >= 0.6 is 0 Å². The van der Waals surface area contributed by atoms with Crippen molar-refractivity contribution in [2.75, 3.05) is 0 Å². The molecule has 2 unspecified atom stereocenters. The molecule has 0 aromatic heterocycles. The lowest BCUT2D eigenvalue weighted by molar-refractivity contribution is -0.130. The lowest BCUT2D eigenvalue weighted by Gasteiger charge is -2.23. The maximum absolute atomic E-state index is 13.0. The first kappa shape index (κ1) is 23.9. The molecule has 166 valence electrons. The molecule has 2 atom stereocenters. The largest absolute Gasteiger partial charge is 0.445 e. The highest BCUT2D eigenvalue weighted by Gasteiger charge is 2.27. The number of carbonyl (C=O) groups is 3. The summed E-state index contributed by atoms with van der Waals surface area (Å²) in [7, 11) is 0. The van der Waals surface area contributed by atoms with Gasteiger partial charge in [-0.2, -0.15) is 0 Å². The molecule has 2 aromatic carbocycles. The fraction of sp³-hybridized carbons (Fsp3) is 0.348. The summed E-state index contributed by atoms with van der Waals surface area (Å²) in [6, 6.07) is 16.8. The molecule has 0 bridgehead atoms. The Morgan fingerprint density at radius 3 is 1.97 bits per heavy atom. The van der Waals surface area contributed by atoms with Crippen LogP contribution in [0, 0.1) is 5.92 Å². The van der Waals surface area contributed by atoms with Crippen molar-refractivity contribution in [3.63, 3.8) is 0 Å². The molecule has 0 spiro atoms. The van der Waals surface area contributed by atoms with Crippen LogP contribution in [-0.2, 0) is 27.4 Å². The molecular weight excluding hydrogens is 396 g/mol. The number of nitrogens with two attached hydrogens (primary N) is 1. The number of rotatable bonds is 10. The van der Waals surface area contributed by atoms with Crippen LogP contribution in [0.3, 0.4) is 0 Å². The second-order valence-electron chi connectivity index (χ2n) is 7.65. The SMILES string of the molecule is CC(C)CC(NC(=O)C(Cc1ccccc1)NC(=O)OCc1ccccc1)C(=O)NN. The number of hydrogen-bond acceptors (Lipinski definition) is 5. The molecular formula is C23H30N4O4. The molecule has 0 aliphatic heterocycles. The molecule has 0 saturated carbocycles. The summed E-state index contributed by atoms with van der Waals surface area (Å²) in [6.07, 6.45) is -0.0690. The van der Waals surface area contributed by atoms with E-state index >= 15 is 0 Å². The zero-order valence-corrected chi connectivity index (χ0v) is 17.8. The third kappa shape index (κ3) is 8.47. The molecule has 0 saturated heterocycles. The van der Waals surface area contributed by atoms with E-state index in [0.717, 1.165) is 11.1 Å². The van der Waals surface area contributed by atoms with Gasteiger partial charge in [0.1, 0.15) is 18.7 Å². The van der Waals surface area contributed by atoms with E-state index in [1.165, 1.54) is 0 Å². The van der Waals surface area contributed by atoms with Crippen LogP contribution in [0.5, 0.6) is 0 Å². The lowest BCUT2D eigenvalue weighted by Crippen LogP contribution is -2.55. The average Bonchev–Trinajstić information content (AvgIpc) is 2.77. The molecule has 2 aromatic rings. The van der Waals surface area contributed by atoms with E-state index in [0.29, 0.717) is 6.42 Å². The number of hydrazine groups is 1. The third-order valence-electron chi connectivity index (χ3n) is 4.59. The highest BCUT2D eigenvalue weighted by Crippen LogP contribution is 2.08. The van der Waals surface area contributed by atoms with E-state index in [2.05, 4.69) is 16.1 Å². The van der Waals surface area contributed by atoms with Gasteiger partial charge in [0.05, 0.1) is 0 Å². The van der Waals surface area contributed by atoms with E-state index < -0.39 is 30.0 Å². The average molecular weight is 427 g/mol. The Bertz CT molecular complexity index is 843. The quantitative estimate of drug-likeness (QED) is 0.263. The maximum Gasteiger partial charge on any atom is 0.408 e. The van der Waals surface area contributed by atoms with E-state index in [1.807, 2.05) is 74.5 Å². The maximum atomic E-state index is 13.0. The number of hydrogen-bond donors (Lipinski definition) is 4. The summed E-state index contributed by atoms with van der Waals surface area (Å²) < 4.78 is 5.26. The van der Waals surface area contributed by atoms with Gasteiger partial charge in [-0.3, -0.25) is 15.0 Å². The van der Waals surface area contributed by atoms with Gasteiger partial charge < -0.3 is 15.4 Å². The van der Waals surface area contributed by atoms with Crippen LogP contribution < -0.4 is 21.9 Å². The summed E-state index contributed by atoms with van der Waals surface area (Å²) >= 11 is 0. The van der Waals surface area contributed by atoms with Crippen LogP contribution in [0.4, 0.5) is 4.79 Å². The normalized spacial score (nSPS) is 12.5. The zero-order chi connectivity index (χ0) is 22.6. The van der Waals surface area contributed by atoms with Gasteiger partial charge in [0.25, 0.3) is 5.91 Å². The molecule has 8 heteroatoms. The summed E-state index contributed by atoms with van der Waals surface area (Å²) in [5, 5.41) is 5.31. The van der Waals surface area contributed by atoms with Crippen molar-refractivity contribution in [2.45, 2.75) is 45.4 Å². The Balaban J connectivity index is 2.08. The van der Waals surface area contributed by atoms with Crippen molar-refractivity contribution < 1.29 is 19.1 Å². The Morgan fingerprint density at radius 2 is 1.42 bits per heavy atom. The van der Waals surface area contributed by atoms with E-state index in [9.17, 15) is 14.4 Å². The Labute approximate surface area is 182 Å². The number of nitrogens with one attached hydrogen (secondary N) is 3. The molecule has 8 nitrogen and oxygen atoms in total. The molecule has 3 amide bonds. The minimum absolute atomic E-state index is 0.0813. The van der Waals surface area contributed by atoms with Crippen LogP contribution in [0.25, 0.3) is 0 Å². The van der Waals surface area contributed by atoms with Gasteiger partial charge in [0, 0.05) is 6.42 Å². The summed E-state index contributed by atoms with van der Waals surface area (Å²) in [5.74, 6) is 4.43. The topological polar surface area (TPSA) is 123 Å². The molecule has 0 aliphatic rings. The minimum Gasteiger partial charge on any atom is -0.445 e. The Kier molecular flexibility index (Phi) is 9.51. The van der Waals surface area contributed by atoms with Crippen molar-refractivity contribution in [3.05, 3.63) is 71.8 Å². The third-order valence-corrected chi connectivity index (χ3v) is 4.59. The van der Waals surface area contributed by atoms with Gasteiger partial charge >= 0.3 is 6.09 Å². The van der Waals surface area contributed by atoms with Crippen molar-refractivity contribution in [3.8, 4) is 0 Å². The first-order valence-electron chi connectivity index (χ1n) is 10.2. The van der Waals surface area contributed by atoms with Gasteiger partial charge in [-0.05, 0) is 23.5 Å². The van der Waals surface area contributed by atoms with E-state index in [4.69, 9.17) is 10.6 Å². The summed E-state index contributed by atoms with van der Waals surface area (Å²) in [4.78, 5) is 37.4. The number of ether oxygens (including phenoxy) is 1. The Morgan fingerprint density at radius 1 is 0.839 bits per heavy atom. The van der Waals surface area contributed by atoms with Crippen LogP contribution in [0.1, 0.15) is 31.4 Å². The molecule has 0 aliphatic carbocycles. The first-order valence-corrected chi connectivity index (χ1v) is 10.2. The molecule has 2 rings (SSSR count). The lowest BCUT2D eigenvalue weighted by atomic mass is 10.0. The predicted octanol–water partition coefficient (Wildman–Crippen LogP) is 2.04.